The molecule has 0 N–H and O–H groups in total. The summed E-state index contributed by atoms with van der Waals surface area (Å²) in [5, 5.41) is 0. The Bertz CT molecular complexity index is 385. The molecule has 1 aromatic rings. The van der Waals surface area contributed by atoms with E-state index >= 15 is 0 Å². The Hall–Kier alpha value is -0.710. The molecule has 1 aromatic carbocycles. The van der Waals surface area contributed by atoms with Crippen LogP contribution in [0.3, 0.4) is 0 Å². The summed E-state index contributed by atoms with van der Waals surface area (Å²) in [5.41, 5.74) is -0.720. The second-order valence-electron chi connectivity index (χ2n) is 3.87. The van der Waals surface area contributed by atoms with E-state index in [1.807, 2.05) is 0 Å². The highest BCUT2D eigenvalue weighted by Gasteiger charge is 2.35. The molecule has 16 heavy (non-hydrogen) atoms. The van der Waals surface area contributed by atoms with Gasteiger partial charge in [-0.3, -0.25) is 0 Å². The number of halogens is 4. The summed E-state index contributed by atoms with van der Waals surface area (Å²) in [6.07, 6.45) is -2.28. The van der Waals surface area contributed by atoms with Gasteiger partial charge in [0.25, 0.3) is 0 Å². The first-order valence-corrected chi connectivity index (χ1v) is 5.76. The molecule has 88 valence electrons. The average Bonchev–Trinajstić information content (AvgIpc) is 2.97. The fourth-order valence-corrected chi connectivity index (χ4v) is 1.85. The molecule has 0 amide bonds. The summed E-state index contributed by atoms with van der Waals surface area (Å²) in [6, 6.07) is 3.95. The van der Waals surface area contributed by atoms with Crippen LogP contribution in [0, 0.1) is 5.92 Å². The minimum Gasteiger partial charge on any atom is -0.491 e. The van der Waals surface area contributed by atoms with Crippen molar-refractivity contribution in [3.8, 4) is 5.75 Å². The number of ether oxygens (including phenoxy) is 1. The zero-order valence-corrected chi connectivity index (χ0v) is 9.94. The third-order valence-corrected chi connectivity index (χ3v) is 3.06. The molecule has 0 aromatic heterocycles. The van der Waals surface area contributed by atoms with Gasteiger partial charge in [-0.05, 0) is 46.8 Å². The molecule has 5 heteroatoms. The van der Waals surface area contributed by atoms with Crippen LogP contribution in [0.25, 0.3) is 0 Å². The lowest BCUT2D eigenvalue weighted by Gasteiger charge is -2.15. The molecular weight excluding hydrogens is 285 g/mol. The molecule has 0 heterocycles. The molecule has 1 aliphatic rings. The number of hydrogen-bond donors (Lipinski definition) is 0. The van der Waals surface area contributed by atoms with E-state index in [-0.39, 0.29) is 5.75 Å². The van der Waals surface area contributed by atoms with Crippen LogP contribution in [0.4, 0.5) is 13.2 Å². The summed E-state index contributed by atoms with van der Waals surface area (Å²) >= 11 is 3.09. The van der Waals surface area contributed by atoms with Crippen molar-refractivity contribution >= 4 is 15.9 Å². The van der Waals surface area contributed by atoms with Crippen LogP contribution in [0.15, 0.2) is 22.7 Å². The van der Waals surface area contributed by atoms with E-state index in [1.165, 1.54) is 6.07 Å². The van der Waals surface area contributed by atoms with E-state index in [1.54, 1.807) is 6.07 Å². The molecule has 0 saturated heterocycles. The summed E-state index contributed by atoms with van der Waals surface area (Å²) in [6.45, 7) is 0.367. The molecule has 1 nitrogen and oxygen atoms in total. The second kappa shape index (κ2) is 4.28. The quantitative estimate of drug-likeness (QED) is 0.809. The molecule has 2 rings (SSSR count). The highest BCUT2D eigenvalue weighted by molar-refractivity contribution is 9.10. The number of benzene rings is 1. The summed E-state index contributed by atoms with van der Waals surface area (Å²) in [7, 11) is 0. The van der Waals surface area contributed by atoms with Gasteiger partial charge in [0.05, 0.1) is 16.6 Å². The van der Waals surface area contributed by atoms with Gasteiger partial charge in [-0.1, -0.05) is 6.07 Å². The second-order valence-corrected chi connectivity index (χ2v) is 4.72. The Balaban J connectivity index is 2.24. The Morgan fingerprint density at radius 1 is 1.31 bits per heavy atom. The van der Waals surface area contributed by atoms with Gasteiger partial charge < -0.3 is 4.74 Å². The van der Waals surface area contributed by atoms with Crippen LogP contribution in [-0.2, 0) is 6.18 Å². The molecule has 1 saturated carbocycles. The zero-order valence-electron chi connectivity index (χ0n) is 8.35. The fraction of sp³-hybridized carbons (Fsp3) is 0.455. The molecule has 1 aliphatic carbocycles. The predicted octanol–water partition coefficient (Wildman–Crippen LogP) is 4.26. The summed E-state index contributed by atoms with van der Waals surface area (Å²) < 4.78 is 43.6. The van der Waals surface area contributed by atoms with Gasteiger partial charge in [0.15, 0.2) is 0 Å². The molecular formula is C11H10BrF3O. The van der Waals surface area contributed by atoms with Gasteiger partial charge in [0.1, 0.15) is 5.75 Å². The Morgan fingerprint density at radius 2 is 2.00 bits per heavy atom. The van der Waals surface area contributed by atoms with E-state index in [0.29, 0.717) is 17.0 Å². The molecule has 0 atom stereocenters. The van der Waals surface area contributed by atoms with Crippen LogP contribution in [0.5, 0.6) is 5.75 Å². The van der Waals surface area contributed by atoms with E-state index < -0.39 is 11.7 Å². The lowest BCUT2D eigenvalue weighted by Crippen LogP contribution is -2.10. The van der Waals surface area contributed by atoms with Crippen LogP contribution in [0.1, 0.15) is 18.4 Å². The van der Waals surface area contributed by atoms with Gasteiger partial charge in [-0.2, -0.15) is 13.2 Å². The standard InChI is InChI=1S/C11H10BrF3O/c12-9-3-1-2-8(11(13,14)15)10(9)16-6-7-4-5-7/h1-3,7H,4-6H2. The van der Waals surface area contributed by atoms with Gasteiger partial charge in [-0.15, -0.1) is 0 Å². The first-order valence-electron chi connectivity index (χ1n) is 4.97. The van der Waals surface area contributed by atoms with Crippen molar-refractivity contribution in [3.63, 3.8) is 0 Å². The van der Waals surface area contributed by atoms with Crippen molar-refractivity contribution < 1.29 is 17.9 Å². The number of alkyl halides is 3. The topological polar surface area (TPSA) is 9.23 Å². The van der Waals surface area contributed by atoms with Crippen LogP contribution in [-0.4, -0.2) is 6.61 Å². The Morgan fingerprint density at radius 3 is 2.56 bits per heavy atom. The molecule has 1 fully saturated rings. The Labute approximate surface area is 99.7 Å². The maximum Gasteiger partial charge on any atom is 0.420 e. The molecule has 0 spiro atoms. The minimum atomic E-state index is -4.37. The summed E-state index contributed by atoms with van der Waals surface area (Å²) in [4.78, 5) is 0. The minimum absolute atomic E-state index is 0.0955. The number of hydrogen-bond acceptors (Lipinski definition) is 1. The summed E-state index contributed by atoms with van der Waals surface area (Å²) in [5.74, 6) is 0.329. The van der Waals surface area contributed by atoms with Gasteiger partial charge in [0.2, 0.25) is 0 Å². The highest BCUT2D eigenvalue weighted by Crippen LogP contribution is 2.41. The van der Waals surface area contributed by atoms with Gasteiger partial charge in [-0.25, -0.2) is 0 Å². The van der Waals surface area contributed by atoms with Crippen molar-refractivity contribution in [3.05, 3.63) is 28.2 Å². The van der Waals surface area contributed by atoms with Crippen LogP contribution in [0.2, 0.25) is 0 Å². The van der Waals surface area contributed by atoms with E-state index in [0.717, 1.165) is 18.9 Å². The molecule has 0 aliphatic heterocycles. The maximum atomic E-state index is 12.7. The largest absolute Gasteiger partial charge is 0.491 e. The van der Waals surface area contributed by atoms with Gasteiger partial charge in [0, 0.05) is 0 Å². The molecule has 0 bridgehead atoms. The fourth-order valence-electron chi connectivity index (χ4n) is 1.36. The van der Waals surface area contributed by atoms with Crippen LogP contribution >= 0.6 is 15.9 Å². The highest BCUT2D eigenvalue weighted by atomic mass is 79.9. The third-order valence-electron chi connectivity index (χ3n) is 2.43. The first-order chi connectivity index (χ1) is 7.48. The van der Waals surface area contributed by atoms with Crippen molar-refractivity contribution in [2.75, 3.05) is 6.61 Å². The lowest BCUT2D eigenvalue weighted by atomic mass is 10.2. The number of para-hydroxylation sites is 1. The van der Waals surface area contributed by atoms with Crippen molar-refractivity contribution in [1.82, 2.24) is 0 Å². The Kier molecular flexibility index (Phi) is 3.15. The normalized spacial score (nSPS) is 16.2. The lowest BCUT2D eigenvalue weighted by molar-refractivity contribution is -0.139. The maximum absolute atomic E-state index is 12.7. The van der Waals surface area contributed by atoms with Crippen molar-refractivity contribution in [2.24, 2.45) is 5.92 Å². The van der Waals surface area contributed by atoms with E-state index in [4.69, 9.17) is 4.74 Å². The molecule has 0 unspecified atom stereocenters. The predicted molar refractivity (Wildman–Crippen MR) is 57.4 cm³/mol. The average molecular weight is 295 g/mol. The van der Waals surface area contributed by atoms with Crippen molar-refractivity contribution in [1.29, 1.82) is 0 Å². The SMILES string of the molecule is FC(F)(F)c1cccc(Br)c1OCC1CC1. The van der Waals surface area contributed by atoms with Gasteiger partial charge >= 0.3 is 6.18 Å². The zero-order chi connectivity index (χ0) is 11.8. The van der Waals surface area contributed by atoms with E-state index in [2.05, 4.69) is 15.9 Å². The monoisotopic (exact) mass is 294 g/mol. The van der Waals surface area contributed by atoms with E-state index in [9.17, 15) is 13.2 Å². The smallest absolute Gasteiger partial charge is 0.420 e. The van der Waals surface area contributed by atoms with Crippen LogP contribution < -0.4 is 4.74 Å². The third kappa shape index (κ3) is 2.70. The first kappa shape index (κ1) is 11.8. The number of rotatable bonds is 3. The molecule has 0 radical (unpaired) electrons. The van der Waals surface area contributed by atoms with Crippen molar-refractivity contribution in [2.45, 2.75) is 19.0 Å².